The quantitative estimate of drug-likeness (QED) is 0.664. The van der Waals surface area contributed by atoms with Crippen LogP contribution in [-0.4, -0.2) is 30.8 Å². The molecule has 0 aliphatic heterocycles. The van der Waals surface area contributed by atoms with E-state index in [1.807, 2.05) is 6.92 Å². The van der Waals surface area contributed by atoms with Gasteiger partial charge in [-0.1, -0.05) is 13.0 Å². The number of phenolic OH excluding ortho intramolecular Hbond substituents is 1. The lowest BCUT2D eigenvalue weighted by atomic mass is 10.1. The number of anilines is 1. The van der Waals surface area contributed by atoms with Crippen LogP contribution in [0.1, 0.15) is 12.5 Å². The summed E-state index contributed by atoms with van der Waals surface area (Å²) in [5, 5.41) is 12.2. The lowest BCUT2D eigenvalue weighted by Gasteiger charge is -2.13. The van der Waals surface area contributed by atoms with E-state index < -0.39 is 6.04 Å². The maximum Gasteiger partial charge on any atom is 0.243 e. The fourth-order valence-corrected chi connectivity index (χ4v) is 1.38. The minimum atomic E-state index is -0.746. The van der Waals surface area contributed by atoms with Crippen molar-refractivity contribution >= 4 is 11.6 Å². The Morgan fingerprint density at radius 1 is 1.59 bits per heavy atom. The highest BCUT2D eigenvalue weighted by atomic mass is 16.5. The summed E-state index contributed by atoms with van der Waals surface area (Å²) in [7, 11) is 1.47. The van der Waals surface area contributed by atoms with Gasteiger partial charge in [-0.25, -0.2) is 0 Å². The number of methoxy groups -OCH3 is 1. The van der Waals surface area contributed by atoms with Crippen molar-refractivity contribution in [2.24, 2.45) is 5.73 Å². The summed E-state index contributed by atoms with van der Waals surface area (Å²) in [6.07, 6.45) is 0.827. The number of aryl methyl sites for hydroxylation is 1. The number of amides is 1. The van der Waals surface area contributed by atoms with E-state index in [0.717, 1.165) is 12.0 Å². The van der Waals surface area contributed by atoms with Crippen LogP contribution in [0.25, 0.3) is 0 Å². The average molecular weight is 238 g/mol. The molecule has 0 aliphatic rings. The number of ether oxygens (including phenoxy) is 1. The van der Waals surface area contributed by atoms with Crippen LogP contribution in [0, 0.1) is 0 Å². The zero-order valence-corrected chi connectivity index (χ0v) is 10.1. The molecule has 5 nitrogen and oxygen atoms in total. The van der Waals surface area contributed by atoms with Crippen molar-refractivity contribution < 1.29 is 14.6 Å². The summed E-state index contributed by atoms with van der Waals surface area (Å²) in [6.45, 7) is 2.13. The van der Waals surface area contributed by atoms with Gasteiger partial charge in [0.15, 0.2) is 0 Å². The second kappa shape index (κ2) is 6.22. The van der Waals surface area contributed by atoms with Crippen molar-refractivity contribution in [3.63, 3.8) is 0 Å². The van der Waals surface area contributed by atoms with Crippen LogP contribution >= 0.6 is 0 Å². The van der Waals surface area contributed by atoms with Crippen molar-refractivity contribution in [2.45, 2.75) is 19.4 Å². The zero-order chi connectivity index (χ0) is 12.8. The van der Waals surface area contributed by atoms with Crippen molar-refractivity contribution in [3.05, 3.63) is 23.8 Å². The SMILES string of the molecule is CCc1ccc(O)c(NC(=O)C(N)COC)c1. The Labute approximate surface area is 101 Å². The summed E-state index contributed by atoms with van der Waals surface area (Å²) in [5.74, 6) is -0.351. The highest BCUT2D eigenvalue weighted by Crippen LogP contribution is 2.24. The number of carbonyl (C=O) groups excluding carboxylic acids is 1. The Balaban J connectivity index is 2.76. The van der Waals surface area contributed by atoms with E-state index in [0.29, 0.717) is 5.69 Å². The fraction of sp³-hybridized carbons (Fsp3) is 0.417. The second-order valence-corrected chi connectivity index (χ2v) is 3.76. The topological polar surface area (TPSA) is 84.6 Å². The van der Waals surface area contributed by atoms with Gasteiger partial charge in [0, 0.05) is 7.11 Å². The molecule has 1 aromatic carbocycles. The summed E-state index contributed by atoms with van der Waals surface area (Å²) >= 11 is 0. The van der Waals surface area contributed by atoms with Crippen LogP contribution in [0.5, 0.6) is 5.75 Å². The van der Waals surface area contributed by atoms with Crippen molar-refractivity contribution in [1.82, 2.24) is 0 Å². The number of hydrogen-bond acceptors (Lipinski definition) is 4. The lowest BCUT2D eigenvalue weighted by molar-refractivity contribution is -0.118. The van der Waals surface area contributed by atoms with Gasteiger partial charge in [-0.2, -0.15) is 0 Å². The molecule has 0 bridgehead atoms. The first-order chi connectivity index (χ1) is 8.08. The smallest absolute Gasteiger partial charge is 0.243 e. The van der Waals surface area contributed by atoms with Crippen molar-refractivity contribution in [1.29, 1.82) is 0 Å². The van der Waals surface area contributed by atoms with Crippen LogP contribution in [0.15, 0.2) is 18.2 Å². The molecule has 1 amide bonds. The van der Waals surface area contributed by atoms with Crippen LogP contribution < -0.4 is 11.1 Å². The normalized spacial score (nSPS) is 12.2. The predicted octanol–water partition coefficient (Wildman–Crippen LogP) is 0.867. The van der Waals surface area contributed by atoms with E-state index in [1.165, 1.54) is 7.11 Å². The molecule has 0 saturated heterocycles. The summed E-state index contributed by atoms with van der Waals surface area (Å²) < 4.78 is 4.79. The number of rotatable bonds is 5. The molecule has 0 aliphatic carbocycles. The average Bonchev–Trinajstić information content (AvgIpc) is 2.32. The Bertz CT molecular complexity index is 393. The molecule has 0 radical (unpaired) electrons. The summed E-state index contributed by atoms with van der Waals surface area (Å²) in [5.41, 5.74) is 6.98. The first-order valence-electron chi connectivity index (χ1n) is 5.45. The number of aromatic hydroxyl groups is 1. The first kappa shape index (κ1) is 13.5. The standard InChI is InChI=1S/C12H18N2O3/c1-3-8-4-5-11(15)10(6-8)14-12(16)9(13)7-17-2/h4-6,9,15H,3,7,13H2,1-2H3,(H,14,16). The first-order valence-corrected chi connectivity index (χ1v) is 5.45. The molecule has 1 rings (SSSR count). The summed E-state index contributed by atoms with van der Waals surface area (Å²) in [6, 6.07) is 4.34. The summed E-state index contributed by atoms with van der Waals surface area (Å²) in [4.78, 5) is 11.6. The van der Waals surface area contributed by atoms with Crippen LogP contribution in [0.2, 0.25) is 0 Å². The molecule has 17 heavy (non-hydrogen) atoms. The van der Waals surface area contributed by atoms with Crippen LogP contribution in [0.4, 0.5) is 5.69 Å². The van der Waals surface area contributed by atoms with Gasteiger partial charge in [0.25, 0.3) is 0 Å². The maximum absolute atomic E-state index is 11.6. The molecule has 0 fully saturated rings. The third-order valence-corrected chi connectivity index (χ3v) is 2.41. The highest BCUT2D eigenvalue weighted by Gasteiger charge is 2.14. The predicted molar refractivity (Wildman–Crippen MR) is 66.0 cm³/mol. The van der Waals surface area contributed by atoms with E-state index in [4.69, 9.17) is 10.5 Å². The van der Waals surface area contributed by atoms with Gasteiger partial charge in [-0.15, -0.1) is 0 Å². The molecule has 5 heteroatoms. The molecule has 1 atom stereocenters. The molecule has 94 valence electrons. The van der Waals surface area contributed by atoms with Crippen molar-refractivity contribution in [3.8, 4) is 5.75 Å². The van der Waals surface area contributed by atoms with Gasteiger partial charge in [0.05, 0.1) is 12.3 Å². The van der Waals surface area contributed by atoms with Gasteiger partial charge < -0.3 is 20.9 Å². The van der Waals surface area contributed by atoms with Crippen LogP contribution in [-0.2, 0) is 16.0 Å². The molecule has 0 aromatic heterocycles. The van der Waals surface area contributed by atoms with Gasteiger partial charge in [0.1, 0.15) is 11.8 Å². The van der Waals surface area contributed by atoms with E-state index >= 15 is 0 Å². The van der Waals surface area contributed by atoms with E-state index in [-0.39, 0.29) is 18.3 Å². The third kappa shape index (κ3) is 3.72. The molecule has 0 spiro atoms. The van der Waals surface area contributed by atoms with Gasteiger partial charge in [-0.3, -0.25) is 4.79 Å². The number of benzene rings is 1. The van der Waals surface area contributed by atoms with E-state index in [1.54, 1.807) is 18.2 Å². The Morgan fingerprint density at radius 2 is 2.29 bits per heavy atom. The number of nitrogens with one attached hydrogen (secondary N) is 1. The number of hydrogen-bond donors (Lipinski definition) is 3. The minimum absolute atomic E-state index is 0.0279. The molecule has 0 saturated carbocycles. The Hall–Kier alpha value is -1.59. The zero-order valence-electron chi connectivity index (χ0n) is 10.1. The molecular weight excluding hydrogens is 220 g/mol. The fourth-order valence-electron chi connectivity index (χ4n) is 1.38. The largest absolute Gasteiger partial charge is 0.506 e. The van der Waals surface area contributed by atoms with Crippen molar-refractivity contribution in [2.75, 3.05) is 19.0 Å². The number of nitrogens with two attached hydrogens (primary N) is 1. The molecule has 1 unspecified atom stereocenters. The third-order valence-electron chi connectivity index (χ3n) is 2.41. The number of carbonyl (C=O) groups is 1. The van der Waals surface area contributed by atoms with E-state index in [9.17, 15) is 9.90 Å². The van der Waals surface area contributed by atoms with Gasteiger partial charge >= 0.3 is 0 Å². The Kier molecular flexibility index (Phi) is 4.93. The van der Waals surface area contributed by atoms with Gasteiger partial charge in [0.2, 0.25) is 5.91 Å². The van der Waals surface area contributed by atoms with E-state index in [2.05, 4.69) is 5.32 Å². The molecule has 1 aromatic rings. The second-order valence-electron chi connectivity index (χ2n) is 3.76. The lowest BCUT2D eigenvalue weighted by Crippen LogP contribution is -2.39. The minimum Gasteiger partial charge on any atom is -0.506 e. The number of phenols is 1. The highest BCUT2D eigenvalue weighted by molar-refractivity contribution is 5.96. The van der Waals surface area contributed by atoms with Gasteiger partial charge in [-0.05, 0) is 24.1 Å². The van der Waals surface area contributed by atoms with Crippen LogP contribution in [0.3, 0.4) is 0 Å². The monoisotopic (exact) mass is 238 g/mol. The molecular formula is C12H18N2O3. The molecule has 4 N–H and O–H groups in total. The maximum atomic E-state index is 11.6. The Morgan fingerprint density at radius 3 is 2.88 bits per heavy atom. The molecule has 0 heterocycles.